The van der Waals surface area contributed by atoms with Gasteiger partial charge in [-0.25, -0.2) is 0 Å². The highest BCUT2D eigenvalue weighted by atomic mass is 14.9. The fourth-order valence-electron chi connectivity index (χ4n) is 5.00. The van der Waals surface area contributed by atoms with Crippen LogP contribution in [0, 0.1) is 12.8 Å². The van der Waals surface area contributed by atoms with Gasteiger partial charge in [-0.05, 0) is 92.1 Å². The largest absolute Gasteiger partial charge is 0.361 e. The van der Waals surface area contributed by atoms with E-state index in [1.807, 2.05) is 20.1 Å². The zero-order chi connectivity index (χ0) is 25.4. The molecule has 1 N–H and O–H groups in total. The molecule has 3 aromatic rings. The standard InChI is InChI=1S/C20H24N2.C11H14.C2H6.2H2/c1-14(2)15-7-8-19-18(11-15)16(13-21-19)5-3-9-20-12-17(20)6-4-10-22-20;1-4-10-7-6-9(3)8-11(10)5-2;1-2;;/h4,6-8,10-11,13-14,17,21H,3,5,9,12H2,1-2H3;4-8H,1-3H3;1-2H3;2*1H/b;10-4-,11-5-;;;. The molecular weight excluding hydrogens is 424 g/mol. The average molecular weight is 473 g/mol. The first-order valence-corrected chi connectivity index (χ1v) is 13.5. The van der Waals surface area contributed by atoms with Gasteiger partial charge in [0.1, 0.15) is 0 Å². The number of aliphatic imine (C=N–C) groups is 1. The molecule has 0 radical (unpaired) electrons. The van der Waals surface area contributed by atoms with E-state index in [9.17, 15) is 0 Å². The van der Waals surface area contributed by atoms with Crippen molar-refractivity contribution in [2.75, 3.05) is 0 Å². The zero-order valence-corrected chi connectivity index (χ0v) is 22.9. The van der Waals surface area contributed by atoms with E-state index in [1.165, 1.54) is 57.3 Å². The third-order valence-corrected chi connectivity index (χ3v) is 7.24. The molecule has 1 saturated carbocycles. The SMILES string of the molecule is C/C=c1/ccc(C)c/c1=C/C.CC.CC(C)c1ccc2[nH]cc(CCCC34CC3C=CC=N4)c2c1.[HH].[HH]. The third kappa shape index (κ3) is 6.42. The minimum Gasteiger partial charge on any atom is -0.361 e. The summed E-state index contributed by atoms with van der Waals surface area (Å²) >= 11 is 0. The summed E-state index contributed by atoms with van der Waals surface area (Å²) in [4.78, 5) is 8.16. The molecule has 0 bridgehead atoms. The Morgan fingerprint density at radius 2 is 1.86 bits per heavy atom. The van der Waals surface area contributed by atoms with Crippen LogP contribution < -0.4 is 10.4 Å². The minimum atomic E-state index is 0. The van der Waals surface area contributed by atoms with Crippen molar-refractivity contribution in [3.05, 3.63) is 81.9 Å². The highest BCUT2D eigenvalue weighted by Gasteiger charge is 2.52. The lowest BCUT2D eigenvalue weighted by Crippen LogP contribution is -2.23. The number of H-pyrrole nitrogens is 1. The van der Waals surface area contributed by atoms with Crippen molar-refractivity contribution in [1.82, 2.24) is 4.98 Å². The second-order valence-electron chi connectivity index (χ2n) is 9.91. The van der Waals surface area contributed by atoms with Gasteiger partial charge in [-0.15, -0.1) is 0 Å². The topological polar surface area (TPSA) is 28.1 Å². The lowest BCUT2D eigenvalue weighted by molar-refractivity contribution is 0.555. The van der Waals surface area contributed by atoms with E-state index in [4.69, 9.17) is 4.99 Å². The third-order valence-electron chi connectivity index (χ3n) is 7.24. The number of hydrogen-bond acceptors (Lipinski definition) is 1. The van der Waals surface area contributed by atoms with Gasteiger partial charge in [0.25, 0.3) is 0 Å². The summed E-state index contributed by atoms with van der Waals surface area (Å²) in [7, 11) is 0. The van der Waals surface area contributed by atoms with Crippen molar-refractivity contribution in [1.29, 1.82) is 0 Å². The summed E-state index contributed by atoms with van der Waals surface area (Å²) in [6, 6.07) is 13.3. The number of hydrogen-bond donors (Lipinski definition) is 1. The molecule has 2 aliphatic rings. The van der Waals surface area contributed by atoms with Crippen LogP contribution in [0.15, 0.2) is 59.7 Å². The molecule has 35 heavy (non-hydrogen) atoms. The second-order valence-corrected chi connectivity index (χ2v) is 9.91. The van der Waals surface area contributed by atoms with E-state index in [-0.39, 0.29) is 8.39 Å². The Balaban J connectivity index is 0.000000392. The maximum absolute atomic E-state index is 4.73. The van der Waals surface area contributed by atoms with Crippen LogP contribution in [-0.2, 0) is 6.42 Å². The van der Waals surface area contributed by atoms with Crippen molar-refractivity contribution in [3.63, 3.8) is 0 Å². The van der Waals surface area contributed by atoms with Gasteiger partial charge >= 0.3 is 0 Å². The molecule has 5 rings (SSSR count). The highest BCUT2D eigenvalue weighted by molar-refractivity contribution is 5.84. The van der Waals surface area contributed by atoms with Crippen LogP contribution in [0.3, 0.4) is 0 Å². The smallest absolute Gasteiger partial charge is 0.0678 e. The van der Waals surface area contributed by atoms with Crippen LogP contribution >= 0.6 is 0 Å². The van der Waals surface area contributed by atoms with Crippen molar-refractivity contribution in [3.8, 4) is 0 Å². The van der Waals surface area contributed by atoms with Gasteiger partial charge in [-0.1, -0.05) is 75.8 Å². The van der Waals surface area contributed by atoms with Crippen LogP contribution in [0.4, 0.5) is 0 Å². The van der Waals surface area contributed by atoms with Gasteiger partial charge < -0.3 is 4.98 Å². The maximum atomic E-state index is 4.73. The number of nitrogens with one attached hydrogen (secondary N) is 1. The molecule has 1 aliphatic carbocycles. The lowest BCUT2D eigenvalue weighted by atomic mass is 9.97. The Morgan fingerprint density at radius 1 is 1.09 bits per heavy atom. The van der Waals surface area contributed by atoms with E-state index in [2.05, 4.69) is 107 Å². The van der Waals surface area contributed by atoms with Crippen LogP contribution in [0.5, 0.6) is 0 Å². The van der Waals surface area contributed by atoms with E-state index in [0.29, 0.717) is 11.8 Å². The van der Waals surface area contributed by atoms with Gasteiger partial charge in [0, 0.05) is 32.1 Å². The van der Waals surface area contributed by atoms with Gasteiger partial charge in [0.05, 0.1) is 5.54 Å². The summed E-state index contributed by atoms with van der Waals surface area (Å²) in [5.74, 6) is 1.30. The zero-order valence-electron chi connectivity index (χ0n) is 22.9. The minimum absolute atomic E-state index is 0. The predicted molar refractivity (Wildman–Crippen MR) is 160 cm³/mol. The summed E-state index contributed by atoms with van der Waals surface area (Å²) in [5, 5.41) is 4.05. The van der Waals surface area contributed by atoms with Gasteiger partial charge in [0.2, 0.25) is 0 Å². The molecule has 2 nitrogen and oxygen atoms in total. The van der Waals surface area contributed by atoms with E-state index in [1.54, 1.807) is 0 Å². The Bertz CT molecular complexity index is 1300. The summed E-state index contributed by atoms with van der Waals surface area (Å²) in [5.41, 5.74) is 5.74. The molecule has 1 aliphatic heterocycles. The normalized spacial score (nSPS) is 20.9. The Morgan fingerprint density at radius 3 is 2.54 bits per heavy atom. The number of aromatic nitrogens is 1. The maximum Gasteiger partial charge on any atom is 0.0678 e. The van der Waals surface area contributed by atoms with Crippen LogP contribution in [-0.4, -0.2) is 16.7 Å². The van der Waals surface area contributed by atoms with Crippen molar-refractivity contribution >= 4 is 29.3 Å². The molecule has 0 saturated heterocycles. The molecule has 2 aromatic carbocycles. The number of aryl methyl sites for hydroxylation is 2. The molecule has 2 unspecified atom stereocenters. The molecule has 2 heterocycles. The molecule has 190 valence electrons. The Labute approximate surface area is 215 Å². The van der Waals surface area contributed by atoms with E-state index < -0.39 is 0 Å². The number of nitrogens with zero attached hydrogens (tertiary/aromatic N) is 1. The molecule has 0 amide bonds. The molecule has 1 aromatic heterocycles. The molecule has 0 spiro atoms. The lowest BCUT2D eigenvalue weighted by Gasteiger charge is -2.13. The Hall–Kier alpha value is -2.87. The first-order valence-electron chi connectivity index (χ1n) is 13.5. The van der Waals surface area contributed by atoms with Crippen molar-refractivity contribution < 1.29 is 2.85 Å². The summed E-state index contributed by atoms with van der Waals surface area (Å²) in [6.45, 7) is 14.8. The summed E-state index contributed by atoms with van der Waals surface area (Å²) in [6.07, 6.45) is 17.7. The van der Waals surface area contributed by atoms with E-state index in [0.717, 1.165) is 6.42 Å². The first kappa shape index (κ1) is 26.7. The van der Waals surface area contributed by atoms with E-state index >= 15 is 0 Å². The highest BCUT2D eigenvalue weighted by Crippen LogP contribution is 2.52. The van der Waals surface area contributed by atoms with Crippen LogP contribution in [0.2, 0.25) is 0 Å². The number of benzene rings is 2. The molecular formula is C33H48N2. The number of rotatable bonds is 5. The first-order chi connectivity index (χ1) is 17.0. The molecule has 2 heteroatoms. The van der Waals surface area contributed by atoms with Gasteiger partial charge in [-0.2, -0.15) is 0 Å². The number of aromatic amines is 1. The van der Waals surface area contributed by atoms with Gasteiger partial charge in [0.15, 0.2) is 0 Å². The fourth-order valence-corrected chi connectivity index (χ4v) is 5.00. The molecule has 1 fully saturated rings. The van der Waals surface area contributed by atoms with Gasteiger partial charge in [-0.3, -0.25) is 4.99 Å². The monoisotopic (exact) mass is 472 g/mol. The Kier molecular flexibility index (Phi) is 9.32. The van der Waals surface area contributed by atoms with Crippen molar-refractivity contribution in [2.24, 2.45) is 10.9 Å². The second kappa shape index (κ2) is 12.2. The number of fused-ring (bicyclic) bond motifs is 2. The summed E-state index contributed by atoms with van der Waals surface area (Å²) < 4.78 is 0. The number of dihydropyridines is 1. The predicted octanol–water partition coefficient (Wildman–Crippen LogP) is 8.13. The van der Waals surface area contributed by atoms with Crippen LogP contribution in [0.25, 0.3) is 23.1 Å². The fraction of sp³-hybridized carbons (Fsp3) is 0.424. The van der Waals surface area contributed by atoms with Crippen LogP contribution in [0.1, 0.15) is 86.3 Å². The molecule has 2 atom stereocenters. The quantitative estimate of drug-likeness (QED) is 0.388. The average Bonchev–Trinajstić information content (AvgIpc) is 3.48. The van der Waals surface area contributed by atoms with Crippen molar-refractivity contribution in [2.45, 2.75) is 85.6 Å². The number of allylic oxidation sites excluding steroid dienone is 1.